The van der Waals surface area contributed by atoms with E-state index in [1.54, 1.807) is 17.4 Å². The van der Waals surface area contributed by atoms with Gasteiger partial charge in [-0.25, -0.2) is 4.79 Å². The third kappa shape index (κ3) is 3.07. The van der Waals surface area contributed by atoms with E-state index < -0.39 is 5.97 Å². The van der Waals surface area contributed by atoms with Gasteiger partial charge >= 0.3 is 5.97 Å². The van der Waals surface area contributed by atoms with Crippen LogP contribution in [0.25, 0.3) is 0 Å². The predicted molar refractivity (Wildman–Crippen MR) is 88.5 cm³/mol. The molecule has 2 aromatic rings. The molecule has 2 N–H and O–H groups in total. The molecule has 0 saturated heterocycles. The molecule has 2 atom stereocenters. The first-order valence-corrected chi connectivity index (χ1v) is 8.15. The number of aromatic carboxylic acids is 1. The average molecular weight is 331 g/mol. The van der Waals surface area contributed by atoms with Gasteiger partial charge in [0.1, 0.15) is 11.3 Å². The van der Waals surface area contributed by atoms with Crippen LogP contribution in [0.3, 0.4) is 0 Å². The van der Waals surface area contributed by atoms with Crippen LogP contribution in [0.15, 0.2) is 29.6 Å². The molecule has 1 amide bonds. The molecule has 5 nitrogen and oxygen atoms in total. The van der Waals surface area contributed by atoms with Crippen molar-refractivity contribution in [2.24, 2.45) is 5.92 Å². The molecule has 0 aliphatic heterocycles. The third-order valence-electron chi connectivity index (χ3n) is 4.07. The normalized spacial score (nSPS) is 19.2. The Morgan fingerprint density at radius 3 is 2.74 bits per heavy atom. The lowest BCUT2D eigenvalue weighted by Gasteiger charge is -2.09. The fraction of sp³-hybridized carbons (Fsp3) is 0.294. The SMILES string of the molecule is COc1cc(NC(=O)C2CC2c2sccc2C)ccc1C(=O)O. The molecule has 23 heavy (non-hydrogen) atoms. The van der Waals surface area contributed by atoms with Crippen molar-refractivity contribution in [3.8, 4) is 5.75 Å². The van der Waals surface area contributed by atoms with E-state index in [1.807, 2.05) is 5.38 Å². The number of carboxylic acids is 1. The summed E-state index contributed by atoms with van der Waals surface area (Å²) < 4.78 is 5.07. The highest BCUT2D eigenvalue weighted by Crippen LogP contribution is 2.50. The minimum Gasteiger partial charge on any atom is -0.496 e. The van der Waals surface area contributed by atoms with Gasteiger partial charge in [0.2, 0.25) is 5.91 Å². The number of nitrogens with one attached hydrogen (secondary N) is 1. The van der Waals surface area contributed by atoms with E-state index in [-0.39, 0.29) is 23.1 Å². The van der Waals surface area contributed by atoms with Crippen LogP contribution in [0, 0.1) is 12.8 Å². The largest absolute Gasteiger partial charge is 0.496 e. The number of thiophene rings is 1. The van der Waals surface area contributed by atoms with Crippen molar-refractivity contribution in [1.29, 1.82) is 0 Å². The van der Waals surface area contributed by atoms with Gasteiger partial charge in [0.25, 0.3) is 0 Å². The van der Waals surface area contributed by atoms with E-state index in [2.05, 4.69) is 18.3 Å². The molecule has 120 valence electrons. The molecule has 1 saturated carbocycles. The second-order valence-electron chi connectivity index (χ2n) is 5.63. The number of hydrogen-bond acceptors (Lipinski definition) is 4. The van der Waals surface area contributed by atoms with Gasteiger partial charge in [-0.1, -0.05) is 0 Å². The van der Waals surface area contributed by atoms with Crippen LogP contribution in [-0.2, 0) is 4.79 Å². The molecule has 1 heterocycles. The fourth-order valence-electron chi connectivity index (χ4n) is 2.72. The topological polar surface area (TPSA) is 75.6 Å². The molecule has 3 rings (SSSR count). The maximum absolute atomic E-state index is 12.3. The lowest BCUT2D eigenvalue weighted by Crippen LogP contribution is -2.15. The van der Waals surface area contributed by atoms with Gasteiger partial charge in [-0.3, -0.25) is 4.79 Å². The number of methoxy groups -OCH3 is 1. The minimum atomic E-state index is -1.06. The van der Waals surface area contributed by atoms with Crippen molar-refractivity contribution in [2.75, 3.05) is 12.4 Å². The Kier molecular flexibility index (Phi) is 4.09. The van der Waals surface area contributed by atoms with Crippen molar-refractivity contribution in [3.63, 3.8) is 0 Å². The number of ether oxygens (including phenoxy) is 1. The highest BCUT2D eigenvalue weighted by molar-refractivity contribution is 7.10. The van der Waals surface area contributed by atoms with Crippen molar-refractivity contribution < 1.29 is 19.4 Å². The van der Waals surface area contributed by atoms with Crippen LogP contribution in [0.2, 0.25) is 0 Å². The second-order valence-corrected chi connectivity index (χ2v) is 6.57. The van der Waals surface area contributed by atoms with Crippen LogP contribution >= 0.6 is 11.3 Å². The Bertz CT molecular complexity index is 768. The molecule has 6 heteroatoms. The van der Waals surface area contributed by atoms with Gasteiger partial charge in [-0.15, -0.1) is 11.3 Å². The zero-order valence-corrected chi connectivity index (χ0v) is 13.6. The molecule has 1 fully saturated rings. The number of aryl methyl sites for hydroxylation is 1. The van der Waals surface area contributed by atoms with Crippen LogP contribution in [0.1, 0.15) is 33.1 Å². The minimum absolute atomic E-state index is 0.0162. The van der Waals surface area contributed by atoms with E-state index in [1.165, 1.54) is 29.7 Å². The predicted octanol–water partition coefficient (Wildman–Crippen LogP) is 3.51. The lowest BCUT2D eigenvalue weighted by molar-refractivity contribution is -0.117. The number of hydrogen-bond donors (Lipinski definition) is 2. The van der Waals surface area contributed by atoms with Gasteiger partial charge in [0.15, 0.2) is 0 Å². The molecule has 1 aliphatic carbocycles. The summed E-state index contributed by atoms with van der Waals surface area (Å²) in [5.41, 5.74) is 1.86. The Labute approximate surface area is 137 Å². The number of amides is 1. The number of carbonyl (C=O) groups is 2. The van der Waals surface area contributed by atoms with Crippen LogP contribution in [0.4, 0.5) is 5.69 Å². The lowest BCUT2D eigenvalue weighted by atomic mass is 10.1. The summed E-state index contributed by atoms with van der Waals surface area (Å²) in [6, 6.07) is 6.63. The Balaban J connectivity index is 1.70. The highest BCUT2D eigenvalue weighted by atomic mass is 32.1. The maximum atomic E-state index is 12.3. The molecule has 1 aromatic carbocycles. The molecule has 0 radical (unpaired) electrons. The monoisotopic (exact) mass is 331 g/mol. The molecular weight excluding hydrogens is 314 g/mol. The highest BCUT2D eigenvalue weighted by Gasteiger charge is 2.45. The van der Waals surface area contributed by atoms with Crippen molar-refractivity contribution in [1.82, 2.24) is 0 Å². The smallest absolute Gasteiger partial charge is 0.339 e. The standard InChI is InChI=1S/C17H17NO4S/c1-9-5-6-23-15(9)12-8-13(12)16(19)18-10-3-4-11(17(20)21)14(7-10)22-2/h3-7,12-13H,8H2,1-2H3,(H,18,19)(H,20,21). The fourth-order valence-corrected chi connectivity index (χ4v) is 3.83. The number of rotatable bonds is 5. The first-order chi connectivity index (χ1) is 11.0. The zero-order valence-electron chi connectivity index (χ0n) is 12.8. The summed E-state index contributed by atoms with van der Waals surface area (Å²) in [6.45, 7) is 2.06. The van der Waals surface area contributed by atoms with Crippen LogP contribution in [-0.4, -0.2) is 24.1 Å². The Hall–Kier alpha value is -2.34. The molecule has 1 aromatic heterocycles. The molecular formula is C17H17NO4S. The average Bonchev–Trinajstić information content (AvgIpc) is 3.21. The summed E-state index contributed by atoms with van der Waals surface area (Å²) >= 11 is 1.69. The van der Waals surface area contributed by atoms with Crippen molar-refractivity contribution in [3.05, 3.63) is 45.6 Å². The summed E-state index contributed by atoms with van der Waals surface area (Å²) in [5, 5.41) is 14.0. The van der Waals surface area contributed by atoms with Crippen LogP contribution < -0.4 is 10.1 Å². The molecule has 1 aliphatic rings. The number of carbonyl (C=O) groups excluding carboxylic acids is 1. The van der Waals surface area contributed by atoms with Crippen molar-refractivity contribution in [2.45, 2.75) is 19.3 Å². The first-order valence-electron chi connectivity index (χ1n) is 7.27. The number of benzene rings is 1. The van der Waals surface area contributed by atoms with E-state index >= 15 is 0 Å². The third-order valence-corrected chi connectivity index (χ3v) is 5.22. The zero-order chi connectivity index (χ0) is 16.6. The first kappa shape index (κ1) is 15.6. The molecule has 0 bridgehead atoms. The summed E-state index contributed by atoms with van der Waals surface area (Å²) in [5.74, 6) is -0.576. The van der Waals surface area contributed by atoms with Gasteiger partial charge in [0, 0.05) is 28.5 Å². The van der Waals surface area contributed by atoms with Gasteiger partial charge in [-0.2, -0.15) is 0 Å². The van der Waals surface area contributed by atoms with E-state index in [0.29, 0.717) is 11.6 Å². The van der Waals surface area contributed by atoms with E-state index in [9.17, 15) is 9.59 Å². The Morgan fingerprint density at radius 2 is 2.13 bits per heavy atom. The van der Waals surface area contributed by atoms with Gasteiger partial charge < -0.3 is 15.2 Å². The number of anilines is 1. The summed E-state index contributed by atoms with van der Waals surface area (Å²) in [6.07, 6.45) is 0.859. The maximum Gasteiger partial charge on any atom is 0.339 e. The summed E-state index contributed by atoms with van der Waals surface area (Å²) in [4.78, 5) is 24.7. The van der Waals surface area contributed by atoms with Crippen LogP contribution in [0.5, 0.6) is 5.75 Å². The Morgan fingerprint density at radius 1 is 1.35 bits per heavy atom. The quantitative estimate of drug-likeness (QED) is 0.879. The molecule has 2 unspecified atom stereocenters. The van der Waals surface area contributed by atoms with Gasteiger partial charge in [0.05, 0.1) is 7.11 Å². The van der Waals surface area contributed by atoms with E-state index in [4.69, 9.17) is 9.84 Å². The second kappa shape index (κ2) is 6.04. The summed E-state index contributed by atoms with van der Waals surface area (Å²) in [7, 11) is 1.41. The van der Waals surface area contributed by atoms with E-state index in [0.717, 1.165) is 6.42 Å². The molecule has 0 spiro atoms. The van der Waals surface area contributed by atoms with Crippen molar-refractivity contribution >= 4 is 28.9 Å². The number of carboxylic acid groups (broad SMARTS) is 1. The van der Waals surface area contributed by atoms with Gasteiger partial charge in [-0.05, 0) is 42.5 Å².